The van der Waals surface area contributed by atoms with Crippen molar-refractivity contribution >= 4 is 17.3 Å². The topological polar surface area (TPSA) is 56.5 Å². The summed E-state index contributed by atoms with van der Waals surface area (Å²) in [5.41, 5.74) is 1.71. The molecule has 0 bridgehead atoms. The first-order valence-electron chi connectivity index (χ1n) is 8.46. The van der Waals surface area contributed by atoms with Gasteiger partial charge in [-0.15, -0.1) is 0 Å². The Bertz CT molecular complexity index is 846. The van der Waals surface area contributed by atoms with Gasteiger partial charge in [0.15, 0.2) is 5.78 Å². The van der Waals surface area contributed by atoms with Gasteiger partial charge >= 0.3 is 5.97 Å². The first-order valence-corrected chi connectivity index (χ1v) is 8.46. The van der Waals surface area contributed by atoms with Crippen LogP contribution in [0.15, 0.2) is 59.0 Å². The smallest absolute Gasteiger partial charge is 0.331 e. The van der Waals surface area contributed by atoms with Gasteiger partial charge in [0.25, 0.3) is 0 Å². The normalized spacial score (nSPS) is 12.4. The van der Waals surface area contributed by atoms with Crippen LogP contribution in [0, 0.1) is 6.92 Å². The van der Waals surface area contributed by atoms with E-state index in [2.05, 4.69) is 0 Å². The summed E-state index contributed by atoms with van der Waals surface area (Å²) in [6.07, 6.45) is 4.78. The van der Waals surface area contributed by atoms with Gasteiger partial charge in [-0.05, 0) is 46.2 Å². The third kappa shape index (κ3) is 5.31. The highest BCUT2D eigenvalue weighted by molar-refractivity contribution is 5.96. The van der Waals surface area contributed by atoms with E-state index >= 15 is 0 Å². The molecule has 136 valence electrons. The lowest BCUT2D eigenvalue weighted by Gasteiger charge is -2.17. The van der Waals surface area contributed by atoms with Crippen molar-refractivity contribution in [1.82, 2.24) is 0 Å². The molecule has 4 nitrogen and oxygen atoms in total. The number of benzene rings is 1. The second kappa shape index (κ2) is 8.00. The van der Waals surface area contributed by atoms with Crippen LogP contribution in [0.25, 0.3) is 5.57 Å². The Morgan fingerprint density at radius 2 is 1.77 bits per heavy atom. The third-order valence-corrected chi connectivity index (χ3v) is 3.55. The summed E-state index contributed by atoms with van der Waals surface area (Å²) in [6, 6.07) is 11.4. The minimum atomic E-state index is -0.540. The molecule has 0 spiro atoms. The number of esters is 1. The fraction of sp³-hybridized carbons (Fsp3) is 0.273. The van der Waals surface area contributed by atoms with Crippen LogP contribution >= 0.6 is 0 Å². The Morgan fingerprint density at radius 3 is 2.31 bits per heavy atom. The van der Waals surface area contributed by atoms with Crippen molar-refractivity contribution in [3.05, 3.63) is 77.3 Å². The average molecular weight is 352 g/mol. The summed E-state index contributed by atoms with van der Waals surface area (Å²) in [6.45, 7) is 8.73. The van der Waals surface area contributed by atoms with Crippen LogP contribution < -0.4 is 0 Å². The lowest BCUT2D eigenvalue weighted by atomic mass is 10.0. The fourth-order valence-corrected chi connectivity index (χ4v) is 2.46. The van der Waals surface area contributed by atoms with E-state index in [-0.39, 0.29) is 5.78 Å². The zero-order chi connectivity index (χ0) is 19.3. The number of allylic oxidation sites excluding steroid dienone is 2. The van der Waals surface area contributed by atoms with Crippen molar-refractivity contribution in [2.45, 2.75) is 40.2 Å². The van der Waals surface area contributed by atoms with Crippen molar-refractivity contribution in [1.29, 1.82) is 0 Å². The van der Waals surface area contributed by atoms with Gasteiger partial charge in [-0.1, -0.05) is 42.5 Å². The van der Waals surface area contributed by atoms with Gasteiger partial charge in [0, 0.05) is 11.6 Å². The largest absolute Gasteiger partial charge is 0.461 e. The minimum Gasteiger partial charge on any atom is -0.461 e. The molecule has 0 saturated carbocycles. The average Bonchev–Trinajstić information content (AvgIpc) is 2.92. The minimum absolute atomic E-state index is 0.0470. The van der Waals surface area contributed by atoms with Crippen LogP contribution in [-0.2, 0) is 9.53 Å². The zero-order valence-electron chi connectivity index (χ0n) is 15.8. The highest BCUT2D eigenvalue weighted by Crippen LogP contribution is 2.28. The number of carbonyl (C=O) groups is 2. The summed E-state index contributed by atoms with van der Waals surface area (Å²) in [7, 11) is 0. The maximum atomic E-state index is 11.9. The van der Waals surface area contributed by atoms with Gasteiger partial charge in [-0.2, -0.15) is 0 Å². The van der Waals surface area contributed by atoms with E-state index < -0.39 is 11.6 Å². The van der Waals surface area contributed by atoms with Gasteiger partial charge in [-0.25, -0.2) is 4.79 Å². The van der Waals surface area contributed by atoms with Gasteiger partial charge < -0.3 is 9.15 Å². The molecule has 2 rings (SSSR count). The highest BCUT2D eigenvalue weighted by Gasteiger charge is 2.16. The number of furan rings is 1. The first kappa shape index (κ1) is 19.4. The molecule has 1 aromatic carbocycles. The molecule has 0 fully saturated rings. The molecule has 1 aromatic heterocycles. The SMILES string of the molecule is CC(=O)c1cc(/C(=C/C=C\C(=O)OC(C)(C)C)c2ccccc2)oc1C. The maximum Gasteiger partial charge on any atom is 0.331 e. The Labute approximate surface area is 154 Å². The molecule has 0 N–H and O–H groups in total. The maximum absolute atomic E-state index is 11.9. The molecule has 26 heavy (non-hydrogen) atoms. The summed E-state index contributed by atoms with van der Waals surface area (Å²) >= 11 is 0. The number of hydrogen-bond acceptors (Lipinski definition) is 4. The van der Waals surface area contributed by atoms with E-state index in [9.17, 15) is 9.59 Å². The van der Waals surface area contributed by atoms with E-state index in [0.29, 0.717) is 17.1 Å². The molecule has 0 aliphatic carbocycles. The van der Waals surface area contributed by atoms with Crippen molar-refractivity contribution in [3.8, 4) is 0 Å². The quantitative estimate of drug-likeness (QED) is 0.324. The van der Waals surface area contributed by atoms with Crippen molar-refractivity contribution in [2.24, 2.45) is 0 Å². The summed E-state index contributed by atoms with van der Waals surface area (Å²) in [4.78, 5) is 23.6. The van der Waals surface area contributed by atoms with Crippen molar-refractivity contribution in [2.75, 3.05) is 0 Å². The molecule has 0 atom stereocenters. The van der Waals surface area contributed by atoms with Crippen LogP contribution in [0.2, 0.25) is 0 Å². The summed E-state index contributed by atoms with van der Waals surface area (Å²) in [5, 5.41) is 0. The molecule has 0 aliphatic heterocycles. The molecule has 1 heterocycles. The lowest BCUT2D eigenvalue weighted by Crippen LogP contribution is -2.22. The van der Waals surface area contributed by atoms with Gasteiger partial charge in [0.05, 0.1) is 5.56 Å². The number of ketones is 1. The molecule has 4 heteroatoms. The van der Waals surface area contributed by atoms with E-state index in [1.54, 1.807) is 25.1 Å². The van der Waals surface area contributed by atoms with Crippen LogP contribution in [0.4, 0.5) is 0 Å². The molecule has 0 unspecified atom stereocenters. The zero-order valence-corrected chi connectivity index (χ0v) is 15.8. The molecule has 0 radical (unpaired) electrons. The van der Waals surface area contributed by atoms with E-state index in [1.165, 1.54) is 13.0 Å². The van der Waals surface area contributed by atoms with Gasteiger partial charge in [0.1, 0.15) is 17.1 Å². The van der Waals surface area contributed by atoms with Crippen LogP contribution in [0.3, 0.4) is 0 Å². The first-order chi connectivity index (χ1) is 12.2. The standard InChI is InChI=1S/C22H24O4/c1-15(23)19-14-20(25-16(19)2)18(17-10-7-6-8-11-17)12-9-13-21(24)26-22(3,4)5/h6-14H,1-5H3/b13-9-,18-12+. The number of carbonyl (C=O) groups excluding carboxylic acids is 2. The van der Waals surface area contributed by atoms with Crippen LogP contribution in [0.5, 0.6) is 0 Å². The fourth-order valence-electron chi connectivity index (χ4n) is 2.46. The van der Waals surface area contributed by atoms with Crippen LogP contribution in [-0.4, -0.2) is 17.4 Å². The molecule has 0 amide bonds. The number of aryl methyl sites for hydroxylation is 1. The third-order valence-electron chi connectivity index (χ3n) is 3.55. The molecule has 2 aromatic rings. The second-order valence-corrected chi connectivity index (χ2v) is 6.98. The molecule has 0 saturated heterocycles. The van der Waals surface area contributed by atoms with E-state index in [4.69, 9.17) is 9.15 Å². The molecule has 0 aliphatic rings. The second-order valence-electron chi connectivity index (χ2n) is 6.98. The Balaban J connectivity index is 2.38. The van der Waals surface area contributed by atoms with Gasteiger partial charge in [-0.3, -0.25) is 4.79 Å². The predicted octanol–water partition coefficient (Wildman–Crippen LogP) is 5.12. The number of rotatable bonds is 5. The monoisotopic (exact) mass is 352 g/mol. The Hall–Kier alpha value is -2.88. The van der Waals surface area contributed by atoms with Crippen LogP contribution in [0.1, 0.15) is 55.1 Å². The van der Waals surface area contributed by atoms with Crippen molar-refractivity contribution in [3.63, 3.8) is 0 Å². The number of Topliss-reactive ketones (excluding diaryl/α,β-unsaturated/α-hetero) is 1. The number of ether oxygens (including phenoxy) is 1. The summed E-state index contributed by atoms with van der Waals surface area (Å²) in [5.74, 6) is 0.689. The summed E-state index contributed by atoms with van der Waals surface area (Å²) < 4.78 is 11.1. The van der Waals surface area contributed by atoms with E-state index in [1.807, 2.05) is 51.1 Å². The predicted molar refractivity (Wildman–Crippen MR) is 102 cm³/mol. The Morgan fingerprint density at radius 1 is 1.12 bits per heavy atom. The number of hydrogen-bond donors (Lipinski definition) is 0. The van der Waals surface area contributed by atoms with Gasteiger partial charge in [0.2, 0.25) is 0 Å². The molecular weight excluding hydrogens is 328 g/mol. The van der Waals surface area contributed by atoms with Crippen molar-refractivity contribution < 1.29 is 18.7 Å². The van der Waals surface area contributed by atoms with E-state index in [0.717, 1.165) is 11.1 Å². The highest BCUT2D eigenvalue weighted by atomic mass is 16.6. The lowest BCUT2D eigenvalue weighted by molar-refractivity contribution is -0.148. The Kier molecular flexibility index (Phi) is 5.98. The molecular formula is C22H24O4.